The second kappa shape index (κ2) is 11.3. The van der Waals surface area contributed by atoms with Gasteiger partial charge >= 0.3 is 0 Å². The van der Waals surface area contributed by atoms with Gasteiger partial charge in [-0.1, -0.05) is 52.3 Å². The molecule has 0 fully saturated rings. The summed E-state index contributed by atoms with van der Waals surface area (Å²) in [6, 6.07) is 19.8. The van der Waals surface area contributed by atoms with Crippen LogP contribution < -0.4 is 19.5 Å². The van der Waals surface area contributed by atoms with Crippen molar-refractivity contribution in [2.75, 3.05) is 14.2 Å². The fourth-order valence-corrected chi connectivity index (χ4v) is 4.67. The van der Waals surface area contributed by atoms with Crippen molar-refractivity contribution < 1.29 is 22.7 Å². The first-order valence-electron chi connectivity index (χ1n) is 10.1. The Kier molecular flexibility index (Phi) is 8.49. The van der Waals surface area contributed by atoms with E-state index in [0.717, 1.165) is 15.6 Å². The third-order valence-corrected chi connectivity index (χ3v) is 6.95. The quantitative estimate of drug-likeness (QED) is 0.415. The highest BCUT2D eigenvalue weighted by Crippen LogP contribution is 2.27. The molecule has 7 nitrogen and oxygen atoms in total. The Balaban J connectivity index is 1.78. The van der Waals surface area contributed by atoms with Crippen LogP contribution in [0.4, 0.5) is 0 Å². The van der Waals surface area contributed by atoms with Crippen LogP contribution >= 0.6 is 15.9 Å². The Hall–Kier alpha value is -2.88. The van der Waals surface area contributed by atoms with Gasteiger partial charge in [0.25, 0.3) is 0 Å². The molecule has 0 radical (unpaired) electrons. The number of hydrogen-bond acceptors (Lipinski definition) is 5. The standard InChI is InChI=1S/C24H25BrN2O5S/c1-31-22-13-8-18(15-23(22)32-2)16-26-24(28)21(14-17-6-4-3-5-7-17)27-33(29,30)20-11-9-19(25)10-12-20/h3-13,15,21,27H,14,16H2,1-2H3,(H,26,28)/t21-/m1/s1. The lowest BCUT2D eigenvalue weighted by Crippen LogP contribution is -2.47. The van der Waals surface area contributed by atoms with E-state index in [-0.39, 0.29) is 17.9 Å². The van der Waals surface area contributed by atoms with E-state index < -0.39 is 22.0 Å². The predicted octanol–water partition coefficient (Wildman–Crippen LogP) is 3.67. The van der Waals surface area contributed by atoms with E-state index in [1.807, 2.05) is 30.3 Å². The molecule has 2 N–H and O–H groups in total. The zero-order chi connectivity index (χ0) is 23.8. The molecule has 33 heavy (non-hydrogen) atoms. The summed E-state index contributed by atoms with van der Waals surface area (Å²) in [5, 5.41) is 2.82. The molecule has 0 aromatic heterocycles. The molecule has 0 unspecified atom stereocenters. The van der Waals surface area contributed by atoms with Gasteiger partial charge in [0.15, 0.2) is 11.5 Å². The zero-order valence-electron chi connectivity index (χ0n) is 18.2. The summed E-state index contributed by atoms with van der Waals surface area (Å²) in [5.74, 6) is 0.687. The number of benzene rings is 3. The molecular formula is C24H25BrN2O5S. The molecule has 0 spiro atoms. The Morgan fingerprint density at radius 1 is 0.909 bits per heavy atom. The minimum atomic E-state index is -3.91. The van der Waals surface area contributed by atoms with Gasteiger partial charge in [-0.15, -0.1) is 0 Å². The van der Waals surface area contributed by atoms with E-state index in [2.05, 4.69) is 26.0 Å². The van der Waals surface area contributed by atoms with Gasteiger partial charge in [0.05, 0.1) is 19.1 Å². The third kappa shape index (κ3) is 6.80. The van der Waals surface area contributed by atoms with Crippen LogP contribution in [0, 0.1) is 0 Å². The number of sulfonamides is 1. The smallest absolute Gasteiger partial charge is 0.241 e. The molecule has 3 aromatic rings. The fraction of sp³-hybridized carbons (Fsp3) is 0.208. The number of amides is 1. The minimum absolute atomic E-state index is 0.0800. The summed E-state index contributed by atoms with van der Waals surface area (Å²) >= 11 is 3.30. The van der Waals surface area contributed by atoms with Gasteiger partial charge < -0.3 is 14.8 Å². The first-order chi connectivity index (χ1) is 15.8. The van der Waals surface area contributed by atoms with Crippen molar-refractivity contribution in [2.45, 2.75) is 23.9 Å². The molecule has 3 rings (SSSR count). The van der Waals surface area contributed by atoms with Crippen molar-refractivity contribution in [1.82, 2.24) is 10.0 Å². The van der Waals surface area contributed by atoms with Crippen molar-refractivity contribution in [2.24, 2.45) is 0 Å². The average molecular weight is 533 g/mol. The van der Waals surface area contributed by atoms with E-state index in [1.54, 1.807) is 37.4 Å². The monoisotopic (exact) mass is 532 g/mol. The first kappa shape index (κ1) is 24.8. The lowest BCUT2D eigenvalue weighted by Gasteiger charge is -2.19. The van der Waals surface area contributed by atoms with Gasteiger partial charge in [-0.25, -0.2) is 8.42 Å². The topological polar surface area (TPSA) is 93.7 Å². The second-order valence-electron chi connectivity index (χ2n) is 7.22. The number of rotatable bonds is 10. The third-order valence-electron chi connectivity index (χ3n) is 4.94. The first-order valence-corrected chi connectivity index (χ1v) is 12.4. The summed E-state index contributed by atoms with van der Waals surface area (Å²) in [7, 11) is -0.831. The second-order valence-corrected chi connectivity index (χ2v) is 9.85. The molecule has 0 aliphatic rings. The van der Waals surface area contributed by atoms with Crippen LogP contribution in [0.2, 0.25) is 0 Å². The number of halogens is 1. The highest BCUT2D eigenvalue weighted by Gasteiger charge is 2.26. The Bertz CT molecular complexity index is 1190. The summed E-state index contributed by atoms with van der Waals surface area (Å²) < 4.78 is 39.7. The van der Waals surface area contributed by atoms with Crippen LogP contribution in [-0.4, -0.2) is 34.6 Å². The zero-order valence-corrected chi connectivity index (χ0v) is 20.6. The van der Waals surface area contributed by atoms with Crippen LogP contribution in [0.5, 0.6) is 11.5 Å². The molecular weight excluding hydrogens is 508 g/mol. The van der Waals surface area contributed by atoms with Crippen molar-refractivity contribution >= 4 is 31.9 Å². The maximum Gasteiger partial charge on any atom is 0.241 e. The molecule has 174 valence electrons. The summed E-state index contributed by atoms with van der Waals surface area (Å²) in [5.41, 5.74) is 1.62. The SMILES string of the molecule is COc1ccc(CNC(=O)[C@@H](Cc2ccccc2)NS(=O)(=O)c2ccc(Br)cc2)cc1OC. The largest absolute Gasteiger partial charge is 0.493 e. The normalized spacial score (nSPS) is 12.1. The van der Waals surface area contributed by atoms with E-state index >= 15 is 0 Å². The minimum Gasteiger partial charge on any atom is -0.493 e. The van der Waals surface area contributed by atoms with Crippen molar-refractivity contribution in [3.05, 3.63) is 88.4 Å². The summed E-state index contributed by atoms with van der Waals surface area (Å²) in [6.45, 7) is 0.199. The molecule has 0 aliphatic carbocycles. The molecule has 1 amide bonds. The Morgan fingerprint density at radius 2 is 1.58 bits per heavy atom. The van der Waals surface area contributed by atoms with Gasteiger partial charge in [0, 0.05) is 11.0 Å². The number of carbonyl (C=O) groups is 1. The van der Waals surface area contributed by atoms with Crippen LogP contribution in [0.1, 0.15) is 11.1 Å². The molecule has 1 atom stereocenters. The summed E-state index contributed by atoms with van der Waals surface area (Å²) in [6.07, 6.45) is 0.203. The van der Waals surface area contributed by atoms with E-state index in [1.165, 1.54) is 19.2 Å². The van der Waals surface area contributed by atoms with E-state index in [4.69, 9.17) is 9.47 Å². The maximum absolute atomic E-state index is 13.1. The maximum atomic E-state index is 13.1. The van der Waals surface area contributed by atoms with E-state index in [9.17, 15) is 13.2 Å². The molecule has 3 aromatic carbocycles. The number of methoxy groups -OCH3 is 2. The summed E-state index contributed by atoms with van der Waals surface area (Å²) in [4.78, 5) is 13.1. The molecule has 0 heterocycles. The van der Waals surface area contributed by atoms with Crippen molar-refractivity contribution in [1.29, 1.82) is 0 Å². The Labute approximate surface area is 202 Å². The van der Waals surface area contributed by atoms with Gasteiger partial charge in [0.2, 0.25) is 15.9 Å². The molecule has 0 saturated carbocycles. The fourth-order valence-electron chi connectivity index (χ4n) is 3.21. The molecule has 9 heteroatoms. The highest BCUT2D eigenvalue weighted by atomic mass is 79.9. The predicted molar refractivity (Wildman–Crippen MR) is 130 cm³/mol. The van der Waals surface area contributed by atoms with Gasteiger partial charge in [-0.05, 0) is 53.9 Å². The van der Waals surface area contributed by atoms with Gasteiger partial charge in [-0.3, -0.25) is 4.79 Å². The lowest BCUT2D eigenvalue weighted by atomic mass is 10.1. The van der Waals surface area contributed by atoms with Crippen LogP contribution in [0.25, 0.3) is 0 Å². The van der Waals surface area contributed by atoms with Crippen LogP contribution in [0.15, 0.2) is 82.2 Å². The van der Waals surface area contributed by atoms with E-state index in [0.29, 0.717) is 11.5 Å². The number of ether oxygens (including phenoxy) is 2. The van der Waals surface area contributed by atoms with Gasteiger partial charge in [-0.2, -0.15) is 4.72 Å². The number of nitrogens with one attached hydrogen (secondary N) is 2. The highest BCUT2D eigenvalue weighted by molar-refractivity contribution is 9.10. The molecule has 0 saturated heterocycles. The van der Waals surface area contributed by atoms with Crippen LogP contribution in [0.3, 0.4) is 0 Å². The van der Waals surface area contributed by atoms with Crippen molar-refractivity contribution in [3.63, 3.8) is 0 Å². The van der Waals surface area contributed by atoms with Crippen molar-refractivity contribution in [3.8, 4) is 11.5 Å². The lowest BCUT2D eigenvalue weighted by molar-refractivity contribution is -0.122. The molecule has 0 aliphatic heterocycles. The number of carbonyl (C=O) groups excluding carboxylic acids is 1. The average Bonchev–Trinajstić information content (AvgIpc) is 2.82. The van der Waals surface area contributed by atoms with Gasteiger partial charge in [0.1, 0.15) is 6.04 Å². The Morgan fingerprint density at radius 3 is 2.21 bits per heavy atom. The van der Waals surface area contributed by atoms with Crippen LogP contribution in [-0.2, 0) is 27.8 Å². The number of hydrogen-bond donors (Lipinski definition) is 2. The molecule has 0 bridgehead atoms.